The van der Waals surface area contributed by atoms with Gasteiger partial charge in [0.1, 0.15) is 0 Å². The van der Waals surface area contributed by atoms with Crippen LogP contribution >= 0.6 is 11.3 Å². The molecule has 0 aliphatic carbocycles. The van der Waals surface area contributed by atoms with E-state index in [1.54, 1.807) is 0 Å². The fraction of sp³-hybridized carbons (Fsp3) is 0.750. The second kappa shape index (κ2) is 8.13. The van der Waals surface area contributed by atoms with Crippen LogP contribution in [-0.2, 0) is 17.8 Å². The predicted molar refractivity (Wildman–Crippen MR) is 86.2 cm³/mol. The standard InChI is InChI=1S/C16H28N2OS/c1-13(2)10-17-11-15-4-5-16(20-15)12-18-8-6-14(19-3)7-9-18/h4-5,13-14,17H,6-12H2,1-3H3. The zero-order valence-electron chi connectivity index (χ0n) is 13.0. The molecular weight excluding hydrogens is 268 g/mol. The van der Waals surface area contributed by atoms with Crippen molar-refractivity contribution in [3.8, 4) is 0 Å². The van der Waals surface area contributed by atoms with E-state index in [-0.39, 0.29) is 0 Å². The minimum absolute atomic E-state index is 0.477. The fourth-order valence-electron chi connectivity index (χ4n) is 2.61. The van der Waals surface area contributed by atoms with E-state index >= 15 is 0 Å². The number of nitrogens with zero attached hydrogens (tertiary/aromatic N) is 1. The number of nitrogens with one attached hydrogen (secondary N) is 1. The molecule has 1 aromatic heterocycles. The van der Waals surface area contributed by atoms with Crippen molar-refractivity contribution in [3.05, 3.63) is 21.9 Å². The summed E-state index contributed by atoms with van der Waals surface area (Å²) in [5.74, 6) is 0.719. The molecule has 0 saturated carbocycles. The van der Waals surface area contributed by atoms with Gasteiger partial charge in [-0.2, -0.15) is 0 Å². The summed E-state index contributed by atoms with van der Waals surface area (Å²) in [6, 6.07) is 4.56. The van der Waals surface area contributed by atoms with E-state index in [9.17, 15) is 0 Å². The highest BCUT2D eigenvalue weighted by atomic mass is 32.1. The van der Waals surface area contributed by atoms with E-state index in [0.717, 1.165) is 38.6 Å². The van der Waals surface area contributed by atoms with Crippen molar-refractivity contribution >= 4 is 11.3 Å². The molecule has 0 spiro atoms. The van der Waals surface area contributed by atoms with Gasteiger partial charge in [-0.15, -0.1) is 11.3 Å². The zero-order valence-corrected chi connectivity index (χ0v) is 13.8. The SMILES string of the molecule is COC1CCN(Cc2ccc(CNCC(C)C)s2)CC1. The summed E-state index contributed by atoms with van der Waals surface area (Å²) in [7, 11) is 1.83. The Morgan fingerprint density at radius 3 is 2.65 bits per heavy atom. The van der Waals surface area contributed by atoms with Crippen molar-refractivity contribution in [3.63, 3.8) is 0 Å². The highest BCUT2D eigenvalue weighted by Gasteiger charge is 2.18. The van der Waals surface area contributed by atoms with Crippen molar-refractivity contribution in [2.24, 2.45) is 5.92 Å². The summed E-state index contributed by atoms with van der Waals surface area (Å²) >= 11 is 1.95. The maximum atomic E-state index is 5.42. The molecule has 1 aliphatic rings. The average molecular weight is 296 g/mol. The smallest absolute Gasteiger partial charge is 0.0595 e. The third-order valence-corrected chi connectivity index (χ3v) is 4.89. The molecule has 1 aliphatic heterocycles. The van der Waals surface area contributed by atoms with Crippen molar-refractivity contribution in [1.29, 1.82) is 0 Å². The molecule has 1 aromatic rings. The predicted octanol–water partition coefficient (Wildman–Crippen LogP) is 3.10. The van der Waals surface area contributed by atoms with E-state index in [2.05, 4.69) is 36.2 Å². The highest BCUT2D eigenvalue weighted by Crippen LogP contribution is 2.21. The van der Waals surface area contributed by atoms with Gasteiger partial charge in [-0.3, -0.25) is 4.90 Å². The molecule has 2 heterocycles. The normalized spacial score (nSPS) is 18.0. The molecule has 1 N–H and O–H groups in total. The van der Waals surface area contributed by atoms with Crippen molar-refractivity contribution in [2.75, 3.05) is 26.7 Å². The molecular formula is C16H28N2OS. The Morgan fingerprint density at radius 1 is 1.30 bits per heavy atom. The van der Waals surface area contributed by atoms with Crippen LogP contribution in [0.3, 0.4) is 0 Å². The highest BCUT2D eigenvalue weighted by molar-refractivity contribution is 7.11. The van der Waals surface area contributed by atoms with Crippen LogP contribution in [-0.4, -0.2) is 37.7 Å². The summed E-state index contributed by atoms with van der Waals surface area (Å²) < 4.78 is 5.42. The van der Waals surface area contributed by atoms with Crippen LogP contribution in [0.1, 0.15) is 36.4 Å². The third-order valence-electron chi connectivity index (χ3n) is 3.82. The molecule has 4 heteroatoms. The first-order valence-electron chi connectivity index (χ1n) is 7.71. The lowest BCUT2D eigenvalue weighted by molar-refractivity contribution is 0.0391. The van der Waals surface area contributed by atoms with Gasteiger partial charge in [0, 0.05) is 43.0 Å². The van der Waals surface area contributed by atoms with Gasteiger partial charge in [0.2, 0.25) is 0 Å². The molecule has 1 fully saturated rings. The Labute approximate surface area is 127 Å². The Kier molecular flexibility index (Phi) is 6.49. The van der Waals surface area contributed by atoms with Crippen LogP contribution < -0.4 is 5.32 Å². The van der Waals surface area contributed by atoms with Crippen LogP contribution in [0.15, 0.2) is 12.1 Å². The number of rotatable bonds is 7. The minimum atomic E-state index is 0.477. The first-order valence-corrected chi connectivity index (χ1v) is 8.52. The summed E-state index contributed by atoms with van der Waals surface area (Å²) in [4.78, 5) is 5.49. The zero-order chi connectivity index (χ0) is 14.4. The van der Waals surface area contributed by atoms with Gasteiger partial charge < -0.3 is 10.1 Å². The Morgan fingerprint density at radius 2 is 2.00 bits per heavy atom. The summed E-state index contributed by atoms with van der Waals surface area (Å²) in [6.07, 6.45) is 2.82. The lowest BCUT2D eigenvalue weighted by atomic mass is 10.1. The van der Waals surface area contributed by atoms with Crippen LogP contribution in [0.25, 0.3) is 0 Å². The van der Waals surface area contributed by atoms with Gasteiger partial charge in [0.25, 0.3) is 0 Å². The lowest BCUT2D eigenvalue weighted by Gasteiger charge is -2.30. The number of hydrogen-bond donors (Lipinski definition) is 1. The largest absolute Gasteiger partial charge is 0.381 e. The molecule has 3 nitrogen and oxygen atoms in total. The van der Waals surface area contributed by atoms with Crippen LogP contribution in [0.5, 0.6) is 0 Å². The lowest BCUT2D eigenvalue weighted by Crippen LogP contribution is -2.35. The number of ether oxygens (including phenoxy) is 1. The maximum absolute atomic E-state index is 5.42. The second-order valence-corrected chi connectivity index (χ2v) is 7.36. The maximum Gasteiger partial charge on any atom is 0.0595 e. The van der Waals surface area contributed by atoms with Gasteiger partial charge >= 0.3 is 0 Å². The average Bonchev–Trinajstić information content (AvgIpc) is 2.87. The molecule has 1 saturated heterocycles. The molecule has 0 unspecified atom stereocenters. The van der Waals surface area contributed by atoms with Crippen molar-refractivity contribution in [1.82, 2.24) is 10.2 Å². The quantitative estimate of drug-likeness (QED) is 0.837. The molecule has 2 rings (SSSR count). The Bertz CT molecular complexity index is 384. The van der Waals surface area contributed by atoms with Crippen LogP contribution in [0.4, 0.5) is 0 Å². The van der Waals surface area contributed by atoms with Gasteiger partial charge in [-0.1, -0.05) is 13.8 Å². The van der Waals surface area contributed by atoms with E-state index in [1.807, 2.05) is 18.4 Å². The Hall–Kier alpha value is -0.420. The topological polar surface area (TPSA) is 24.5 Å². The number of thiophene rings is 1. The van der Waals surface area contributed by atoms with E-state index in [4.69, 9.17) is 4.74 Å². The van der Waals surface area contributed by atoms with Crippen molar-refractivity contribution < 1.29 is 4.74 Å². The third kappa shape index (κ3) is 5.17. The molecule has 0 atom stereocenters. The number of likely N-dealkylation sites (tertiary alicyclic amines) is 1. The Balaban J connectivity index is 1.72. The van der Waals surface area contributed by atoms with Gasteiger partial charge in [-0.05, 0) is 37.4 Å². The fourth-order valence-corrected chi connectivity index (χ4v) is 3.64. The summed E-state index contributed by atoms with van der Waals surface area (Å²) in [5, 5.41) is 3.51. The first-order chi connectivity index (χ1) is 9.67. The van der Waals surface area contributed by atoms with E-state index in [0.29, 0.717) is 6.10 Å². The van der Waals surface area contributed by atoms with E-state index in [1.165, 1.54) is 22.6 Å². The van der Waals surface area contributed by atoms with Crippen LogP contribution in [0.2, 0.25) is 0 Å². The molecule has 0 bridgehead atoms. The summed E-state index contributed by atoms with van der Waals surface area (Å²) in [5.41, 5.74) is 0. The number of hydrogen-bond acceptors (Lipinski definition) is 4. The minimum Gasteiger partial charge on any atom is -0.381 e. The molecule has 114 valence electrons. The molecule has 0 radical (unpaired) electrons. The van der Waals surface area contributed by atoms with Gasteiger partial charge in [0.05, 0.1) is 6.10 Å². The summed E-state index contributed by atoms with van der Waals surface area (Å²) in [6.45, 7) is 10.0. The monoisotopic (exact) mass is 296 g/mol. The van der Waals surface area contributed by atoms with Crippen LogP contribution in [0, 0.1) is 5.92 Å². The second-order valence-electron chi connectivity index (χ2n) is 6.10. The first kappa shape index (κ1) is 16.0. The van der Waals surface area contributed by atoms with Gasteiger partial charge in [0.15, 0.2) is 0 Å². The molecule has 0 amide bonds. The molecule has 20 heavy (non-hydrogen) atoms. The molecule has 0 aromatic carbocycles. The van der Waals surface area contributed by atoms with Gasteiger partial charge in [-0.25, -0.2) is 0 Å². The van der Waals surface area contributed by atoms with Crippen molar-refractivity contribution in [2.45, 2.75) is 45.9 Å². The van der Waals surface area contributed by atoms with E-state index < -0.39 is 0 Å². The number of piperidine rings is 1. The number of methoxy groups -OCH3 is 1.